The topological polar surface area (TPSA) is 52.3 Å². The molecule has 1 aromatic rings. The highest BCUT2D eigenvalue weighted by Gasteiger charge is 2.24. The fourth-order valence-corrected chi connectivity index (χ4v) is 1.08. The standard InChI is InChI=1S/C12H16NO2/c1-8-5-6-9(7-10(8)13)11(14)15-12(2,3)4/h5-7H,2,13H2,1,3-4H3/q+1. The molecule has 80 valence electrons. The van der Waals surface area contributed by atoms with Gasteiger partial charge < -0.3 is 10.5 Å². The van der Waals surface area contributed by atoms with Gasteiger partial charge in [-0.3, -0.25) is 0 Å². The number of ether oxygens (including phenoxy) is 1. The molecule has 0 radical (unpaired) electrons. The van der Waals surface area contributed by atoms with E-state index in [1.54, 1.807) is 32.0 Å². The number of benzene rings is 1. The molecule has 0 saturated carbocycles. The van der Waals surface area contributed by atoms with Crippen molar-refractivity contribution < 1.29 is 9.53 Å². The van der Waals surface area contributed by atoms with Crippen molar-refractivity contribution in [2.24, 2.45) is 0 Å². The molecule has 0 spiro atoms. The lowest BCUT2D eigenvalue weighted by atomic mass is 10.1. The fourth-order valence-electron chi connectivity index (χ4n) is 1.08. The van der Waals surface area contributed by atoms with Crippen LogP contribution in [-0.4, -0.2) is 11.6 Å². The number of carbonyl (C=O) groups excluding carboxylic acids is 1. The molecule has 15 heavy (non-hydrogen) atoms. The van der Waals surface area contributed by atoms with Crippen LogP contribution in [0.1, 0.15) is 29.8 Å². The Hall–Kier alpha value is -1.64. The predicted octanol–water partition coefficient (Wildman–Crippen LogP) is 2.35. The number of carbonyl (C=O) groups is 1. The van der Waals surface area contributed by atoms with Gasteiger partial charge in [-0.1, -0.05) is 6.07 Å². The summed E-state index contributed by atoms with van der Waals surface area (Å²) in [5.74, 6) is -0.401. The molecule has 0 atom stereocenters. The summed E-state index contributed by atoms with van der Waals surface area (Å²) in [4.78, 5) is 11.6. The molecule has 0 aromatic heterocycles. The van der Waals surface area contributed by atoms with Crippen molar-refractivity contribution in [1.82, 2.24) is 0 Å². The molecule has 3 nitrogen and oxygen atoms in total. The fraction of sp³-hybridized carbons (Fsp3) is 0.333. The van der Waals surface area contributed by atoms with E-state index in [9.17, 15) is 4.79 Å². The normalized spacial score (nSPS) is 11.1. The Balaban J connectivity index is 2.88. The van der Waals surface area contributed by atoms with Crippen molar-refractivity contribution in [1.29, 1.82) is 0 Å². The third-order valence-electron chi connectivity index (χ3n) is 1.88. The highest BCUT2D eigenvalue weighted by molar-refractivity contribution is 5.91. The minimum Gasteiger partial charge on any atom is -0.415 e. The van der Waals surface area contributed by atoms with E-state index in [0.717, 1.165) is 5.56 Å². The molecule has 0 aliphatic heterocycles. The second kappa shape index (κ2) is 3.85. The minimum atomic E-state index is -0.725. The number of esters is 1. The summed E-state index contributed by atoms with van der Waals surface area (Å²) in [6.07, 6.45) is 0. The Bertz CT molecular complexity index is 378. The first-order chi connectivity index (χ1) is 6.79. The monoisotopic (exact) mass is 206 g/mol. The molecule has 0 aliphatic carbocycles. The molecular weight excluding hydrogens is 190 g/mol. The van der Waals surface area contributed by atoms with E-state index in [4.69, 9.17) is 10.5 Å². The number of hydrogen-bond acceptors (Lipinski definition) is 3. The van der Waals surface area contributed by atoms with Crippen molar-refractivity contribution in [3.8, 4) is 0 Å². The lowest BCUT2D eigenvalue weighted by Gasteiger charge is -2.13. The Labute approximate surface area is 90.2 Å². The number of anilines is 1. The smallest absolute Gasteiger partial charge is 0.341 e. The number of nitrogen functional groups attached to an aromatic ring is 1. The molecule has 0 fully saturated rings. The number of nitrogens with two attached hydrogens (primary N) is 1. The van der Waals surface area contributed by atoms with Crippen LogP contribution in [0.25, 0.3) is 0 Å². The van der Waals surface area contributed by atoms with Gasteiger partial charge in [-0.25, -0.2) is 4.79 Å². The first kappa shape index (κ1) is 11.4. The predicted molar refractivity (Wildman–Crippen MR) is 60.4 cm³/mol. The van der Waals surface area contributed by atoms with Crippen LogP contribution in [0.2, 0.25) is 0 Å². The first-order valence-corrected chi connectivity index (χ1v) is 4.74. The average Bonchev–Trinajstić information content (AvgIpc) is 2.06. The van der Waals surface area contributed by atoms with Crippen LogP contribution < -0.4 is 5.73 Å². The summed E-state index contributed by atoms with van der Waals surface area (Å²) < 4.78 is 5.11. The molecule has 0 heterocycles. The van der Waals surface area contributed by atoms with E-state index in [0.29, 0.717) is 11.3 Å². The van der Waals surface area contributed by atoms with Gasteiger partial charge in [-0.15, -0.1) is 0 Å². The maximum atomic E-state index is 11.6. The molecule has 0 amide bonds. The molecule has 0 unspecified atom stereocenters. The third kappa shape index (κ3) is 3.20. The number of aryl methyl sites for hydroxylation is 1. The van der Waals surface area contributed by atoms with Crippen LogP contribution in [0.3, 0.4) is 0 Å². The van der Waals surface area contributed by atoms with E-state index < -0.39 is 11.6 Å². The average molecular weight is 206 g/mol. The van der Waals surface area contributed by atoms with Gasteiger partial charge in [0.2, 0.25) is 5.60 Å². The van der Waals surface area contributed by atoms with Crippen LogP contribution in [0, 0.1) is 13.8 Å². The molecule has 1 rings (SSSR count). The number of rotatable bonds is 2. The summed E-state index contributed by atoms with van der Waals surface area (Å²) in [7, 11) is 0. The SMILES string of the molecule is [CH2+]C(C)(C)OC(=O)c1ccc(C)c(N)c1. The van der Waals surface area contributed by atoms with E-state index in [1.165, 1.54) is 0 Å². The molecule has 2 N–H and O–H groups in total. The Morgan fingerprint density at radius 1 is 1.47 bits per heavy atom. The van der Waals surface area contributed by atoms with Crippen LogP contribution in [0.15, 0.2) is 18.2 Å². The van der Waals surface area contributed by atoms with Gasteiger partial charge in [0.15, 0.2) is 0 Å². The quantitative estimate of drug-likeness (QED) is 0.459. The van der Waals surface area contributed by atoms with E-state index in [2.05, 4.69) is 6.92 Å². The van der Waals surface area contributed by atoms with Crippen molar-refractivity contribution in [3.63, 3.8) is 0 Å². The van der Waals surface area contributed by atoms with Crippen LogP contribution >= 0.6 is 0 Å². The molecule has 0 bridgehead atoms. The van der Waals surface area contributed by atoms with Gasteiger partial charge in [0.05, 0.1) is 5.56 Å². The maximum absolute atomic E-state index is 11.6. The zero-order valence-corrected chi connectivity index (χ0v) is 9.33. The molecule has 0 aliphatic rings. The second-order valence-electron chi connectivity index (χ2n) is 4.22. The lowest BCUT2D eigenvalue weighted by molar-refractivity contribution is 0.0164. The number of hydrogen-bond donors (Lipinski definition) is 1. The maximum Gasteiger partial charge on any atom is 0.341 e. The van der Waals surface area contributed by atoms with Gasteiger partial charge >= 0.3 is 5.97 Å². The van der Waals surface area contributed by atoms with Crippen molar-refractivity contribution in [3.05, 3.63) is 36.2 Å². The Kier molecular flexibility index (Phi) is 2.93. The van der Waals surface area contributed by atoms with Crippen molar-refractivity contribution >= 4 is 11.7 Å². The highest BCUT2D eigenvalue weighted by atomic mass is 16.6. The van der Waals surface area contributed by atoms with Crippen LogP contribution in [-0.2, 0) is 4.74 Å². The van der Waals surface area contributed by atoms with Gasteiger partial charge in [0.25, 0.3) is 0 Å². The summed E-state index contributed by atoms with van der Waals surface area (Å²) in [5.41, 5.74) is 6.96. The summed E-state index contributed by atoms with van der Waals surface area (Å²) in [5, 5.41) is 0. The second-order valence-corrected chi connectivity index (χ2v) is 4.22. The Morgan fingerprint density at radius 3 is 2.53 bits per heavy atom. The van der Waals surface area contributed by atoms with Gasteiger partial charge in [-0.2, -0.15) is 0 Å². The van der Waals surface area contributed by atoms with Gasteiger partial charge in [0, 0.05) is 19.5 Å². The first-order valence-electron chi connectivity index (χ1n) is 4.74. The summed E-state index contributed by atoms with van der Waals surface area (Å²) in [6, 6.07) is 5.10. The van der Waals surface area contributed by atoms with Gasteiger partial charge in [0.1, 0.15) is 6.92 Å². The zero-order valence-electron chi connectivity index (χ0n) is 9.33. The molecule has 0 saturated heterocycles. The van der Waals surface area contributed by atoms with E-state index in [-0.39, 0.29) is 0 Å². The van der Waals surface area contributed by atoms with E-state index >= 15 is 0 Å². The minimum absolute atomic E-state index is 0.401. The van der Waals surface area contributed by atoms with Gasteiger partial charge in [-0.05, 0) is 24.6 Å². The third-order valence-corrected chi connectivity index (χ3v) is 1.88. The van der Waals surface area contributed by atoms with Crippen molar-refractivity contribution in [2.45, 2.75) is 26.4 Å². The lowest BCUT2D eigenvalue weighted by Crippen LogP contribution is -2.24. The van der Waals surface area contributed by atoms with Crippen LogP contribution in [0.4, 0.5) is 5.69 Å². The van der Waals surface area contributed by atoms with Crippen molar-refractivity contribution in [2.75, 3.05) is 5.73 Å². The summed E-state index contributed by atoms with van der Waals surface area (Å²) >= 11 is 0. The van der Waals surface area contributed by atoms with E-state index in [1.807, 2.05) is 6.92 Å². The van der Waals surface area contributed by atoms with Crippen LogP contribution in [0.5, 0.6) is 0 Å². The molecule has 1 aromatic carbocycles. The highest BCUT2D eigenvalue weighted by Crippen LogP contribution is 2.16. The largest absolute Gasteiger partial charge is 0.415 e. The zero-order chi connectivity index (χ0) is 11.6. The molecule has 3 heteroatoms. The Morgan fingerprint density at radius 2 is 2.07 bits per heavy atom. The molecular formula is C12H16NO2+. The summed E-state index contributed by atoms with van der Waals surface area (Å²) in [6.45, 7) is 9.04.